The number of aryl methyl sites for hydroxylation is 1. The smallest absolute Gasteiger partial charge is 0.247 e. The van der Waals surface area contributed by atoms with E-state index < -0.39 is 25.9 Å². The number of aromatic amines is 1. The maximum Gasteiger partial charge on any atom is 0.247 e. The topological polar surface area (TPSA) is 126 Å². The van der Waals surface area contributed by atoms with Crippen molar-refractivity contribution in [2.45, 2.75) is 31.3 Å². The summed E-state index contributed by atoms with van der Waals surface area (Å²) in [6.07, 6.45) is 0. The first-order valence-electron chi connectivity index (χ1n) is 6.15. The molecule has 114 valence electrons. The van der Waals surface area contributed by atoms with Crippen LogP contribution in [-0.2, 0) is 26.4 Å². The summed E-state index contributed by atoms with van der Waals surface area (Å²) in [4.78, 5) is 0.0612. The molecule has 1 aromatic heterocycles. The Kier molecular flexibility index (Phi) is 3.93. The highest BCUT2D eigenvalue weighted by atomic mass is 32.2. The molecule has 0 spiro atoms. The van der Waals surface area contributed by atoms with Gasteiger partial charge in [-0.25, -0.2) is 16.8 Å². The molecule has 1 aromatic rings. The Hall–Kier alpha value is -0.970. The zero-order chi connectivity index (χ0) is 15.1. The van der Waals surface area contributed by atoms with Gasteiger partial charge in [0.15, 0.2) is 9.84 Å². The van der Waals surface area contributed by atoms with Gasteiger partial charge in [-0.3, -0.25) is 5.10 Å². The van der Waals surface area contributed by atoms with Crippen LogP contribution in [0.15, 0.2) is 4.90 Å². The van der Waals surface area contributed by atoms with E-state index in [4.69, 9.17) is 5.73 Å². The predicted octanol–water partition coefficient (Wildman–Crippen LogP) is -1.02. The number of H-pyrrole nitrogens is 1. The van der Waals surface area contributed by atoms with Crippen molar-refractivity contribution < 1.29 is 16.8 Å². The number of aromatic nitrogens is 2. The third-order valence-electron chi connectivity index (χ3n) is 3.33. The van der Waals surface area contributed by atoms with E-state index in [1.54, 1.807) is 13.8 Å². The Morgan fingerprint density at radius 2 is 2.15 bits per heavy atom. The number of sulfone groups is 1. The first kappa shape index (κ1) is 15.4. The second-order valence-corrected chi connectivity index (χ2v) is 8.96. The van der Waals surface area contributed by atoms with Gasteiger partial charge < -0.3 is 5.73 Å². The molecule has 1 saturated heterocycles. The first-order chi connectivity index (χ1) is 9.19. The van der Waals surface area contributed by atoms with Crippen LogP contribution in [0.25, 0.3) is 0 Å². The van der Waals surface area contributed by atoms with Crippen LogP contribution in [-0.4, -0.2) is 55.4 Å². The van der Waals surface area contributed by atoms with Gasteiger partial charge >= 0.3 is 0 Å². The summed E-state index contributed by atoms with van der Waals surface area (Å²) in [6.45, 7) is 3.15. The molecule has 1 atom stereocenters. The molecule has 0 aromatic carbocycles. The summed E-state index contributed by atoms with van der Waals surface area (Å²) in [5.74, 6) is -0.327. The Morgan fingerprint density at radius 3 is 2.70 bits per heavy atom. The fourth-order valence-corrected chi connectivity index (χ4v) is 6.15. The highest BCUT2D eigenvalue weighted by Crippen LogP contribution is 2.26. The van der Waals surface area contributed by atoms with Crippen molar-refractivity contribution in [3.05, 3.63) is 11.4 Å². The molecule has 0 saturated carbocycles. The lowest BCUT2D eigenvalue weighted by Crippen LogP contribution is -2.49. The van der Waals surface area contributed by atoms with Gasteiger partial charge in [-0.15, -0.1) is 0 Å². The van der Waals surface area contributed by atoms with Crippen LogP contribution in [0.1, 0.15) is 18.3 Å². The Labute approximate surface area is 118 Å². The molecule has 0 amide bonds. The van der Waals surface area contributed by atoms with E-state index in [2.05, 4.69) is 10.2 Å². The van der Waals surface area contributed by atoms with E-state index in [1.165, 1.54) is 4.31 Å². The summed E-state index contributed by atoms with van der Waals surface area (Å²) in [5.41, 5.74) is 6.18. The van der Waals surface area contributed by atoms with Crippen molar-refractivity contribution in [3.8, 4) is 0 Å². The van der Waals surface area contributed by atoms with Crippen LogP contribution < -0.4 is 5.73 Å². The van der Waals surface area contributed by atoms with Gasteiger partial charge in [0.25, 0.3) is 0 Å². The molecule has 10 heteroatoms. The number of nitrogens with two attached hydrogens (primary N) is 1. The fraction of sp³-hybridized carbons (Fsp3) is 0.700. The van der Waals surface area contributed by atoms with E-state index in [1.807, 2.05) is 0 Å². The van der Waals surface area contributed by atoms with Crippen LogP contribution in [0.4, 0.5) is 0 Å². The van der Waals surface area contributed by atoms with E-state index >= 15 is 0 Å². The molecule has 8 nitrogen and oxygen atoms in total. The van der Waals surface area contributed by atoms with E-state index in [-0.39, 0.29) is 35.2 Å². The third-order valence-corrected chi connectivity index (χ3v) is 7.34. The lowest BCUT2D eigenvalue weighted by atomic mass is 10.4. The van der Waals surface area contributed by atoms with Crippen LogP contribution in [0.3, 0.4) is 0 Å². The van der Waals surface area contributed by atoms with Gasteiger partial charge in [0, 0.05) is 19.1 Å². The molecule has 0 bridgehead atoms. The molecule has 20 heavy (non-hydrogen) atoms. The number of hydrogen-bond donors (Lipinski definition) is 2. The zero-order valence-electron chi connectivity index (χ0n) is 11.3. The molecule has 0 radical (unpaired) electrons. The number of hydrogen-bond acceptors (Lipinski definition) is 6. The molecule has 0 aliphatic carbocycles. The normalized spacial score (nSPS) is 23.9. The highest BCUT2D eigenvalue weighted by Gasteiger charge is 2.38. The fourth-order valence-electron chi connectivity index (χ4n) is 2.41. The molecule has 3 N–H and O–H groups in total. The average molecular weight is 322 g/mol. The van der Waals surface area contributed by atoms with Gasteiger partial charge in [0.05, 0.1) is 22.9 Å². The van der Waals surface area contributed by atoms with Crippen molar-refractivity contribution in [1.29, 1.82) is 0 Å². The first-order valence-corrected chi connectivity index (χ1v) is 9.41. The molecular formula is C10H18N4O4S2. The maximum absolute atomic E-state index is 12.7. The van der Waals surface area contributed by atoms with Gasteiger partial charge in [0.1, 0.15) is 4.90 Å². The SMILES string of the molecule is Cc1[nH]nc(CN)c1S(=O)(=O)N1CCS(=O)(=O)CC1C. The predicted molar refractivity (Wildman–Crippen MR) is 73.2 cm³/mol. The minimum atomic E-state index is -3.80. The number of nitrogens with zero attached hydrogens (tertiary/aromatic N) is 2. The standard InChI is InChI=1S/C10H18N4O4S2/c1-7-6-19(15,16)4-3-14(7)20(17,18)10-8(2)12-13-9(10)5-11/h7H,3-6,11H2,1-2H3,(H,12,13). The summed E-state index contributed by atoms with van der Waals surface area (Å²) >= 11 is 0. The number of rotatable bonds is 3. The van der Waals surface area contributed by atoms with Crippen LogP contribution in [0, 0.1) is 6.92 Å². The highest BCUT2D eigenvalue weighted by molar-refractivity contribution is 7.92. The lowest BCUT2D eigenvalue weighted by molar-refractivity contribution is 0.356. The summed E-state index contributed by atoms with van der Waals surface area (Å²) < 4.78 is 49.7. The minimum Gasteiger partial charge on any atom is -0.325 e. The van der Waals surface area contributed by atoms with E-state index in [0.29, 0.717) is 5.69 Å². The number of sulfonamides is 1. The molecule has 2 rings (SSSR count). The Morgan fingerprint density at radius 1 is 1.50 bits per heavy atom. The quantitative estimate of drug-likeness (QED) is 0.734. The molecule has 1 aliphatic heterocycles. The summed E-state index contributed by atoms with van der Waals surface area (Å²) in [6, 6.07) is -0.598. The minimum absolute atomic E-state index is 0.000573. The number of nitrogens with one attached hydrogen (secondary N) is 1. The molecule has 1 fully saturated rings. The molecular weight excluding hydrogens is 304 g/mol. The van der Waals surface area contributed by atoms with Crippen molar-refractivity contribution in [2.75, 3.05) is 18.1 Å². The van der Waals surface area contributed by atoms with E-state index in [9.17, 15) is 16.8 Å². The van der Waals surface area contributed by atoms with Crippen LogP contribution >= 0.6 is 0 Å². The van der Waals surface area contributed by atoms with Crippen molar-refractivity contribution in [2.24, 2.45) is 5.73 Å². The summed E-state index contributed by atoms with van der Waals surface area (Å²) in [7, 11) is -6.97. The molecule has 1 unspecified atom stereocenters. The Bertz CT molecular complexity index is 708. The molecule has 2 heterocycles. The monoisotopic (exact) mass is 322 g/mol. The maximum atomic E-state index is 12.7. The second kappa shape index (κ2) is 5.10. The zero-order valence-corrected chi connectivity index (χ0v) is 13.0. The van der Waals surface area contributed by atoms with E-state index in [0.717, 1.165) is 0 Å². The van der Waals surface area contributed by atoms with Gasteiger partial charge in [0.2, 0.25) is 10.0 Å². The van der Waals surface area contributed by atoms with Crippen molar-refractivity contribution in [1.82, 2.24) is 14.5 Å². The summed E-state index contributed by atoms with van der Waals surface area (Å²) in [5, 5.41) is 6.49. The average Bonchev–Trinajstić information content (AvgIpc) is 2.69. The second-order valence-electron chi connectivity index (χ2n) is 4.91. The largest absolute Gasteiger partial charge is 0.325 e. The molecule has 1 aliphatic rings. The van der Waals surface area contributed by atoms with Gasteiger partial charge in [-0.2, -0.15) is 9.40 Å². The van der Waals surface area contributed by atoms with Crippen LogP contribution in [0.2, 0.25) is 0 Å². The lowest BCUT2D eigenvalue weighted by Gasteiger charge is -2.32. The Balaban J connectivity index is 2.43. The third kappa shape index (κ3) is 2.60. The van der Waals surface area contributed by atoms with Gasteiger partial charge in [-0.05, 0) is 13.8 Å². The van der Waals surface area contributed by atoms with Crippen molar-refractivity contribution in [3.63, 3.8) is 0 Å². The van der Waals surface area contributed by atoms with Crippen LogP contribution in [0.5, 0.6) is 0 Å². The van der Waals surface area contributed by atoms with Crippen molar-refractivity contribution >= 4 is 19.9 Å². The van der Waals surface area contributed by atoms with Gasteiger partial charge in [-0.1, -0.05) is 0 Å².